The highest BCUT2D eigenvalue weighted by atomic mass is 127. The van der Waals surface area contributed by atoms with E-state index in [1.54, 1.807) is 23.6 Å². The van der Waals surface area contributed by atoms with E-state index in [1.165, 1.54) is 23.2 Å². The summed E-state index contributed by atoms with van der Waals surface area (Å²) in [6.45, 7) is 6.28. The summed E-state index contributed by atoms with van der Waals surface area (Å²) >= 11 is 2.18. The van der Waals surface area contributed by atoms with E-state index >= 15 is 0 Å². The number of nitrogen functional groups attached to an aromatic ring is 1. The van der Waals surface area contributed by atoms with Crippen molar-refractivity contribution in [3.63, 3.8) is 0 Å². The normalized spacial score (nSPS) is 11.5. The highest BCUT2D eigenvalue weighted by Gasteiger charge is 2.25. The van der Waals surface area contributed by atoms with E-state index in [1.807, 2.05) is 13.8 Å². The zero-order chi connectivity index (χ0) is 22.7. The van der Waals surface area contributed by atoms with Gasteiger partial charge < -0.3 is 16.0 Å². The first kappa shape index (κ1) is 23.3. The number of pyridine rings is 1. The van der Waals surface area contributed by atoms with Crippen LogP contribution in [0.25, 0.3) is 10.9 Å². The van der Waals surface area contributed by atoms with Crippen LogP contribution in [-0.4, -0.2) is 37.8 Å². The Morgan fingerprint density at radius 3 is 2.77 bits per heavy atom. The molecule has 1 atom stereocenters. The van der Waals surface area contributed by atoms with Gasteiger partial charge in [-0.3, -0.25) is 9.59 Å². The largest absolute Gasteiger partial charge is 0.383 e. The second-order valence-electron chi connectivity index (χ2n) is 7.58. The van der Waals surface area contributed by atoms with Gasteiger partial charge in [-0.15, -0.1) is 0 Å². The Bertz CT molecular complexity index is 1140. The average molecular weight is 556 g/mol. The van der Waals surface area contributed by atoms with Crippen LogP contribution in [-0.2, 0) is 16.1 Å². The van der Waals surface area contributed by atoms with Crippen molar-refractivity contribution < 1.29 is 14.0 Å². The maximum absolute atomic E-state index is 13.4. The number of hydrogen-bond donors (Lipinski definition) is 2. The summed E-state index contributed by atoms with van der Waals surface area (Å²) in [6, 6.07) is 4.39. The molecule has 3 N–H and O–H groups in total. The molecule has 0 aliphatic carbocycles. The zero-order valence-electron chi connectivity index (χ0n) is 17.3. The predicted molar refractivity (Wildman–Crippen MR) is 130 cm³/mol. The number of aromatic nitrogens is 3. The molecule has 2 amide bonds. The Balaban J connectivity index is 1.84. The lowest BCUT2D eigenvalue weighted by molar-refractivity contribution is -0.143. The number of nitrogens with one attached hydrogen (secondary N) is 1. The summed E-state index contributed by atoms with van der Waals surface area (Å²) in [4.78, 5) is 31.4. The van der Waals surface area contributed by atoms with E-state index < -0.39 is 11.8 Å². The first-order valence-electron chi connectivity index (χ1n) is 9.55. The van der Waals surface area contributed by atoms with Gasteiger partial charge in [-0.25, -0.2) is 13.8 Å². The number of aryl methyl sites for hydroxylation is 1. The molecule has 0 bridgehead atoms. The Morgan fingerprint density at radius 2 is 2.13 bits per heavy atom. The fourth-order valence-electron chi connectivity index (χ4n) is 3.18. The fraction of sp³-hybridized carbons (Fsp3) is 0.300. The fourth-order valence-corrected chi connectivity index (χ4v) is 4.24. The van der Waals surface area contributed by atoms with Gasteiger partial charge in [0.2, 0.25) is 0 Å². The molecule has 11 heteroatoms. The van der Waals surface area contributed by atoms with E-state index in [0.717, 1.165) is 11.1 Å². The lowest BCUT2D eigenvalue weighted by atomic mass is 10.1. The van der Waals surface area contributed by atoms with Gasteiger partial charge in [-0.05, 0) is 58.1 Å². The van der Waals surface area contributed by atoms with Crippen LogP contribution >= 0.6 is 28.4 Å². The van der Waals surface area contributed by atoms with Crippen LogP contribution in [0.5, 0.6) is 0 Å². The second kappa shape index (κ2) is 9.86. The van der Waals surface area contributed by atoms with E-state index in [2.05, 4.69) is 37.4 Å². The number of nitrogens with two attached hydrogens (primary N) is 1. The minimum absolute atomic E-state index is 0.141. The van der Waals surface area contributed by atoms with Crippen molar-refractivity contribution in [2.45, 2.75) is 27.3 Å². The summed E-state index contributed by atoms with van der Waals surface area (Å²) < 4.78 is 15.1. The number of halogens is 2. The predicted octanol–water partition coefficient (Wildman–Crippen LogP) is 3.88. The van der Waals surface area contributed by atoms with Gasteiger partial charge in [-0.2, -0.15) is 5.10 Å². The molecule has 0 saturated carbocycles. The molecule has 0 radical (unpaired) electrons. The molecule has 3 rings (SSSR count). The Labute approximate surface area is 194 Å². The van der Waals surface area contributed by atoms with Crippen molar-refractivity contribution in [3.8, 4) is 0 Å². The molecular formula is C20H23FIN6O2P. The van der Waals surface area contributed by atoms with E-state index in [9.17, 15) is 14.0 Å². The molecule has 2 aromatic heterocycles. The minimum Gasteiger partial charge on any atom is -0.383 e. The molecule has 164 valence electrons. The molecule has 1 unspecified atom stereocenters. The van der Waals surface area contributed by atoms with E-state index in [-0.39, 0.29) is 18.3 Å². The Morgan fingerprint density at radius 1 is 1.39 bits per heavy atom. The molecule has 3 aromatic rings. The number of amides is 2. The number of rotatable bonds is 6. The van der Waals surface area contributed by atoms with Crippen LogP contribution in [0.3, 0.4) is 0 Å². The van der Waals surface area contributed by atoms with Gasteiger partial charge in [0.05, 0.1) is 23.6 Å². The highest BCUT2D eigenvalue weighted by molar-refractivity contribution is 14.2. The van der Waals surface area contributed by atoms with Crippen molar-refractivity contribution in [1.82, 2.24) is 19.4 Å². The zero-order valence-corrected chi connectivity index (χ0v) is 20.5. The third-order valence-corrected chi connectivity index (χ3v) is 6.53. The van der Waals surface area contributed by atoms with Gasteiger partial charge in [0.25, 0.3) is 0 Å². The molecule has 0 fully saturated rings. The van der Waals surface area contributed by atoms with Crippen molar-refractivity contribution in [2.75, 3.05) is 17.6 Å². The van der Waals surface area contributed by atoms with Gasteiger partial charge in [0.1, 0.15) is 17.2 Å². The number of hydrogen-bond acceptors (Lipinski definition) is 5. The number of carbonyl (C=O) groups excluding carboxylic acids is 2. The number of carbonyl (C=O) groups is 2. The van der Waals surface area contributed by atoms with Crippen LogP contribution < -0.4 is 11.1 Å². The molecule has 1 aromatic carbocycles. The Kier molecular flexibility index (Phi) is 7.42. The van der Waals surface area contributed by atoms with Crippen LogP contribution in [0.2, 0.25) is 0 Å². The average Bonchev–Trinajstić information content (AvgIpc) is 3.16. The van der Waals surface area contributed by atoms with Crippen molar-refractivity contribution in [3.05, 3.63) is 47.5 Å². The lowest BCUT2D eigenvalue weighted by Gasteiger charge is -2.25. The van der Waals surface area contributed by atoms with E-state index in [0.29, 0.717) is 35.3 Å². The van der Waals surface area contributed by atoms with Crippen LogP contribution in [0.4, 0.5) is 15.9 Å². The van der Waals surface area contributed by atoms with Crippen molar-refractivity contribution in [2.24, 2.45) is 5.92 Å². The summed E-state index contributed by atoms with van der Waals surface area (Å²) in [6.07, 6.45) is 3.50. The monoisotopic (exact) mass is 556 g/mol. The van der Waals surface area contributed by atoms with Crippen LogP contribution in [0, 0.1) is 18.7 Å². The van der Waals surface area contributed by atoms with Crippen molar-refractivity contribution in [1.29, 1.82) is 0 Å². The molecular weight excluding hydrogens is 533 g/mol. The standard InChI is InChI=1S/C20H23FIN6O2P/c1-11(2)8-27(9-13-4-5-14(21)6-12(13)3)20(30)19(29)25-16-7-24-18(23)15-10-28(31-22)26-17(15)16/h4-7,10-11,31H,8-9H2,1-3H3,(H2,23,24)(H,25,29). The topological polar surface area (TPSA) is 106 Å². The molecule has 0 aliphatic heterocycles. The van der Waals surface area contributed by atoms with Gasteiger partial charge >= 0.3 is 11.8 Å². The van der Waals surface area contributed by atoms with Gasteiger partial charge in [-0.1, -0.05) is 19.9 Å². The summed E-state index contributed by atoms with van der Waals surface area (Å²) in [5.41, 5.74) is 8.21. The third-order valence-electron chi connectivity index (χ3n) is 4.65. The smallest absolute Gasteiger partial charge is 0.314 e. The minimum atomic E-state index is -0.792. The summed E-state index contributed by atoms with van der Waals surface area (Å²) in [5, 5.41) is 7.65. The maximum Gasteiger partial charge on any atom is 0.314 e. The Hall–Kier alpha value is -2.33. The van der Waals surface area contributed by atoms with Gasteiger partial charge in [0, 0.05) is 19.3 Å². The number of anilines is 2. The number of fused-ring (bicyclic) bond motifs is 1. The molecule has 0 saturated heterocycles. The second-order valence-corrected chi connectivity index (χ2v) is 9.66. The summed E-state index contributed by atoms with van der Waals surface area (Å²) in [5.74, 6) is -1.37. The first-order valence-corrected chi connectivity index (χ1v) is 13.6. The summed E-state index contributed by atoms with van der Waals surface area (Å²) in [7, 11) is 0. The molecule has 8 nitrogen and oxygen atoms in total. The van der Waals surface area contributed by atoms with Crippen LogP contribution in [0.15, 0.2) is 30.6 Å². The van der Waals surface area contributed by atoms with E-state index in [4.69, 9.17) is 5.73 Å². The van der Waals surface area contributed by atoms with Crippen LogP contribution in [0.1, 0.15) is 25.0 Å². The SMILES string of the molecule is Cc1cc(F)ccc1CN(CC(C)C)C(=O)C(=O)Nc1cnc(N)c2cn(PI)nc12. The third kappa shape index (κ3) is 5.48. The number of nitrogens with zero attached hydrogens (tertiary/aromatic N) is 4. The molecule has 0 spiro atoms. The molecule has 31 heavy (non-hydrogen) atoms. The van der Waals surface area contributed by atoms with Crippen molar-refractivity contribution >= 4 is 62.6 Å². The lowest BCUT2D eigenvalue weighted by Crippen LogP contribution is -2.41. The van der Waals surface area contributed by atoms with Gasteiger partial charge in [0.15, 0.2) is 0 Å². The first-order chi connectivity index (χ1) is 14.7. The quantitative estimate of drug-likeness (QED) is 0.273. The maximum atomic E-state index is 13.4. The molecule has 0 aliphatic rings. The molecule has 2 heterocycles. The number of benzene rings is 1. The highest BCUT2D eigenvalue weighted by Crippen LogP contribution is 2.30.